The molecule has 0 aliphatic heterocycles. The summed E-state index contributed by atoms with van der Waals surface area (Å²) >= 11 is 4.71. The van der Waals surface area contributed by atoms with E-state index < -0.39 is 5.63 Å². The SMILES string of the molecule is O=c1oc2ccccc2c(O)c1-c1ccc(Br)s1. The molecular formula is C13H7BrO3S. The number of rotatable bonds is 1. The maximum Gasteiger partial charge on any atom is 0.348 e. The van der Waals surface area contributed by atoms with Gasteiger partial charge in [-0.2, -0.15) is 0 Å². The zero-order chi connectivity index (χ0) is 12.7. The van der Waals surface area contributed by atoms with Crippen molar-refractivity contribution in [3.8, 4) is 16.2 Å². The van der Waals surface area contributed by atoms with Crippen molar-refractivity contribution < 1.29 is 9.52 Å². The Morgan fingerprint density at radius 3 is 2.67 bits per heavy atom. The largest absolute Gasteiger partial charge is 0.506 e. The van der Waals surface area contributed by atoms with Crippen molar-refractivity contribution in [3.63, 3.8) is 0 Å². The standard InChI is InChI=1S/C13H7BrO3S/c14-10-6-5-9(18-10)11-12(15)7-3-1-2-4-8(7)17-13(11)16/h1-6,15H. The Morgan fingerprint density at radius 2 is 1.94 bits per heavy atom. The van der Waals surface area contributed by atoms with Crippen LogP contribution >= 0.6 is 27.3 Å². The monoisotopic (exact) mass is 322 g/mol. The van der Waals surface area contributed by atoms with Crippen molar-refractivity contribution >= 4 is 38.2 Å². The number of benzene rings is 1. The summed E-state index contributed by atoms with van der Waals surface area (Å²) < 4.78 is 6.11. The minimum absolute atomic E-state index is 0.0313. The minimum Gasteiger partial charge on any atom is -0.506 e. The molecule has 5 heteroatoms. The lowest BCUT2D eigenvalue weighted by atomic mass is 10.1. The molecule has 90 valence electrons. The van der Waals surface area contributed by atoms with Crippen LogP contribution in [-0.2, 0) is 0 Å². The Morgan fingerprint density at radius 1 is 1.17 bits per heavy atom. The molecule has 0 aliphatic carbocycles. The summed E-state index contributed by atoms with van der Waals surface area (Å²) in [5.41, 5.74) is 0.0734. The molecule has 0 bridgehead atoms. The highest BCUT2D eigenvalue weighted by atomic mass is 79.9. The van der Waals surface area contributed by atoms with Crippen LogP contribution in [0.15, 0.2) is 49.4 Å². The minimum atomic E-state index is -0.527. The van der Waals surface area contributed by atoms with Crippen LogP contribution in [-0.4, -0.2) is 5.11 Å². The van der Waals surface area contributed by atoms with Crippen molar-refractivity contribution in [3.05, 3.63) is 50.6 Å². The molecule has 3 rings (SSSR count). The van der Waals surface area contributed by atoms with Crippen molar-refractivity contribution in [1.29, 1.82) is 0 Å². The smallest absolute Gasteiger partial charge is 0.348 e. The highest BCUT2D eigenvalue weighted by molar-refractivity contribution is 9.11. The van der Waals surface area contributed by atoms with E-state index in [4.69, 9.17) is 4.42 Å². The van der Waals surface area contributed by atoms with Crippen molar-refractivity contribution in [2.24, 2.45) is 0 Å². The van der Waals surface area contributed by atoms with Gasteiger partial charge in [-0.3, -0.25) is 0 Å². The van der Waals surface area contributed by atoms with Gasteiger partial charge in [-0.1, -0.05) is 12.1 Å². The summed E-state index contributed by atoms with van der Waals surface area (Å²) in [5.74, 6) is -0.0313. The second-order valence-electron chi connectivity index (χ2n) is 3.71. The van der Waals surface area contributed by atoms with Crippen molar-refractivity contribution in [1.82, 2.24) is 0 Å². The molecule has 0 radical (unpaired) electrons. The van der Waals surface area contributed by atoms with E-state index in [-0.39, 0.29) is 11.3 Å². The molecule has 0 fully saturated rings. The first-order chi connectivity index (χ1) is 8.66. The normalized spacial score (nSPS) is 10.9. The lowest BCUT2D eigenvalue weighted by molar-refractivity contribution is 0.471. The predicted molar refractivity (Wildman–Crippen MR) is 75.2 cm³/mol. The molecule has 0 saturated heterocycles. The Hall–Kier alpha value is -1.59. The topological polar surface area (TPSA) is 50.4 Å². The third kappa shape index (κ3) is 1.76. The van der Waals surface area contributed by atoms with Gasteiger partial charge in [0.1, 0.15) is 16.9 Å². The van der Waals surface area contributed by atoms with Gasteiger partial charge in [-0.05, 0) is 40.2 Å². The molecule has 1 aromatic carbocycles. The number of fused-ring (bicyclic) bond motifs is 1. The number of thiophene rings is 1. The first-order valence-corrected chi connectivity index (χ1v) is 6.78. The highest BCUT2D eigenvalue weighted by Crippen LogP contribution is 2.37. The molecule has 2 heterocycles. The number of aromatic hydroxyl groups is 1. The number of halogens is 1. The van der Waals surface area contributed by atoms with Gasteiger partial charge in [0.15, 0.2) is 0 Å². The molecule has 2 aromatic heterocycles. The summed E-state index contributed by atoms with van der Waals surface area (Å²) in [5, 5.41) is 10.8. The lowest BCUT2D eigenvalue weighted by Crippen LogP contribution is -2.02. The molecular weight excluding hydrogens is 316 g/mol. The van der Waals surface area contributed by atoms with Gasteiger partial charge in [0.25, 0.3) is 0 Å². The summed E-state index contributed by atoms with van der Waals surface area (Å²) in [6.45, 7) is 0. The zero-order valence-electron chi connectivity index (χ0n) is 9.01. The van der Waals surface area contributed by atoms with Crippen molar-refractivity contribution in [2.45, 2.75) is 0 Å². The van der Waals surface area contributed by atoms with Crippen LogP contribution in [0.4, 0.5) is 0 Å². The average molecular weight is 323 g/mol. The fraction of sp³-hybridized carbons (Fsp3) is 0. The van der Waals surface area contributed by atoms with Crippen LogP contribution in [0.3, 0.4) is 0 Å². The van der Waals surface area contributed by atoms with Gasteiger partial charge < -0.3 is 9.52 Å². The van der Waals surface area contributed by atoms with Crippen LogP contribution < -0.4 is 5.63 Å². The summed E-state index contributed by atoms with van der Waals surface area (Å²) in [6, 6.07) is 10.5. The third-order valence-corrected chi connectivity index (χ3v) is 4.25. The predicted octanol–water partition coefficient (Wildman–Crippen LogP) is 3.99. The summed E-state index contributed by atoms with van der Waals surface area (Å²) in [7, 11) is 0. The van der Waals surface area contributed by atoms with Crippen LogP contribution in [0.1, 0.15) is 0 Å². The molecule has 0 unspecified atom stereocenters. The fourth-order valence-corrected chi connectivity index (χ4v) is 3.22. The van der Waals surface area contributed by atoms with Crippen LogP contribution in [0.25, 0.3) is 21.4 Å². The molecule has 1 N–H and O–H groups in total. The molecule has 18 heavy (non-hydrogen) atoms. The number of para-hydroxylation sites is 1. The fourth-order valence-electron chi connectivity index (χ4n) is 1.80. The molecule has 0 atom stereocenters. The van der Waals surface area contributed by atoms with E-state index in [1.54, 1.807) is 30.3 Å². The van der Waals surface area contributed by atoms with Crippen LogP contribution in [0, 0.1) is 0 Å². The first kappa shape index (κ1) is 11.5. The number of hydrogen-bond donors (Lipinski definition) is 1. The summed E-state index contributed by atoms with van der Waals surface area (Å²) in [6.07, 6.45) is 0. The van der Waals surface area contributed by atoms with Gasteiger partial charge in [-0.25, -0.2) is 4.79 Å². The molecule has 3 aromatic rings. The molecule has 0 spiro atoms. The van der Waals surface area contributed by atoms with Gasteiger partial charge in [0.2, 0.25) is 0 Å². The third-order valence-electron chi connectivity index (χ3n) is 2.61. The second-order valence-corrected chi connectivity index (χ2v) is 6.18. The quantitative estimate of drug-likeness (QED) is 0.689. The van der Waals surface area contributed by atoms with Gasteiger partial charge >= 0.3 is 5.63 Å². The highest BCUT2D eigenvalue weighted by Gasteiger charge is 2.16. The molecule has 0 aliphatic rings. The van der Waals surface area contributed by atoms with E-state index >= 15 is 0 Å². The summed E-state index contributed by atoms with van der Waals surface area (Å²) in [4.78, 5) is 12.6. The van der Waals surface area contributed by atoms with Gasteiger partial charge in [0.05, 0.1) is 9.17 Å². The van der Waals surface area contributed by atoms with Crippen LogP contribution in [0.2, 0.25) is 0 Å². The van der Waals surface area contributed by atoms with E-state index in [2.05, 4.69) is 15.9 Å². The van der Waals surface area contributed by atoms with E-state index in [1.165, 1.54) is 11.3 Å². The van der Waals surface area contributed by atoms with Crippen LogP contribution in [0.5, 0.6) is 5.75 Å². The average Bonchev–Trinajstić information content (AvgIpc) is 2.76. The second kappa shape index (κ2) is 4.26. The van der Waals surface area contributed by atoms with Gasteiger partial charge in [0, 0.05) is 4.88 Å². The maximum atomic E-state index is 11.9. The van der Waals surface area contributed by atoms with E-state index in [1.807, 2.05) is 6.07 Å². The Labute approximate surface area is 114 Å². The molecule has 3 nitrogen and oxygen atoms in total. The number of hydrogen-bond acceptors (Lipinski definition) is 4. The zero-order valence-corrected chi connectivity index (χ0v) is 11.4. The Bertz CT molecular complexity index is 788. The lowest BCUT2D eigenvalue weighted by Gasteiger charge is -2.03. The van der Waals surface area contributed by atoms with Crippen molar-refractivity contribution in [2.75, 3.05) is 0 Å². The Balaban J connectivity index is 2.39. The van der Waals surface area contributed by atoms with E-state index in [0.717, 1.165) is 3.79 Å². The first-order valence-electron chi connectivity index (χ1n) is 5.17. The van der Waals surface area contributed by atoms with E-state index in [0.29, 0.717) is 15.8 Å². The maximum absolute atomic E-state index is 11.9. The molecule has 0 saturated carbocycles. The van der Waals surface area contributed by atoms with Gasteiger partial charge in [-0.15, -0.1) is 11.3 Å². The molecule has 0 amide bonds. The Kier molecular flexibility index (Phi) is 2.72. The van der Waals surface area contributed by atoms with E-state index in [9.17, 15) is 9.90 Å².